The van der Waals surface area contributed by atoms with E-state index in [1.54, 1.807) is 11.8 Å². The molecule has 0 atom stereocenters. The van der Waals surface area contributed by atoms with E-state index in [1.807, 2.05) is 54.6 Å². The predicted octanol–water partition coefficient (Wildman–Crippen LogP) is 3.00. The van der Waals surface area contributed by atoms with Gasteiger partial charge in [0.1, 0.15) is 19.0 Å². The Kier molecular flexibility index (Phi) is 9.12. The summed E-state index contributed by atoms with van der Waals surface area (Å²) in [6.45, 7) is 1.37. The van der Waals surface area contributed by atoms with Gasteiger partial charge in [0.2, 0.25) is 5.91 Å². The summed E-state index contributed by atoms with van der Waals surface area (Å²) in [6.07, 6.45) is 0. The first-order chi connectivity index (χ1) is 12.8. The van der Waals surface area contributed by atoms with Crippen molar-refractivity contribution in [2.75, 3.05) is 32.1 Å². The Balaban J connectivity index is 1.48. The van der Waals surface area contributed by atoms with Gasteiger partial charge >= 0.3 is 0 Å². The van der Waals surface area contributed by atoms with Crippen molar-refractivity contribution in [3.05, 3.63) is 65.7 Å². The quantitative estimate of drug-likeness (QED) is 0.616. The van der Waals surface area contributed by atoms with E-state index in [0.29, 0.717) is 25.3 Å². The second-order valence-corrected chi connectivity index (χ2v) is 6.49. The maximum Gasteiger partial charge on any atom is 0.246 e. The molecule has 6 heteroatoms. The minimum atomic E-state index is -0.136. The monoisotopic (exact) mass is 370 g/mol. The zero-order chi connectivity index (χ0) is 18.5. The molecule has 2 rings (SSSR count). The molecule has 5 nitrogen and oxygen atoms in total. The molecule has 0 radical (unpaired) electrons. The van der Waals surface area contributed by atoms with Crippen LogP contribution >= 0.6 is 11.8 Å². The van der Waals surface area contributed by atoms with E-state index in [4.69, 9.17) is 14.7 Å². The standard InChI is InChI=1S/C20H22N2O3S/c21-14-17-6-4-5-7-18(17)16-26-13-10-22-20(23)15-24-11-12-25-19-8-2-1-3-9-19/h1-9H,10-13,15-16H2,(H,22,23). The molecule has 136 valence electrons. The lowest BCUT2D eigenvalue weighted by atomic mass is 10.1. The average molecular weight is 370 g/mol. The Morgan fingerprint density at radius 1 is 1.08 bits per heavy atom. The highest BCUT2D eigenvalue weighted by molar-refractivity contribution is 7.98. The lowest BCUT2D eigenvalue weighted by Crippen LogP contribution is -2.30. The summed E-state index contributed by atoms with van der Waals surface area (Å²) in [6, 6.07) is 19.2. The summed E-state index contributed by atoms with van der Waals surface area (Å²) in [5.41, 5.74) is 1.73. The smallest absolute Gasteiger partial charge is 0.246 e. The number of nitrogens with one attached hydrogen (secondary N) is 1. The van der Waals surface area contributed by atoms with E-state index < -0.39 is 0 Å². The number of amides is 1. The minimum absolute atomic E-state index is 0.0279. The number of thioether (sulfide) groups is 1. The zero-order valence-electron chi connectivity index (χ0n) is 14.5. The van der Waals surface area contributed by atoms with Crippen LogP contribution in [0.4, 0.5) is 0 Å². The Morgan fingerprint density at radius 3 is 2.65 bits per heavy atom. The maximum atomic E-state index is 11.7. The highest BCUT2D eigenvalue weighted by Gasteiger charge is 2.03. The lowest BCUT2D eigenvalue weighted by Gasteiger charge is -2.08. The van der Waals surface area contributed by atoms with Crippen LogP contribution in [0.3, 0.4) is 0 Å². The predicted molar refractivity (Wildman–Crippen MR) is 103 cm³/mol. The highest BCUT2D eigenvalue weighted by atomic mass is 32.2. The van der Waals surface area contributed by atoms with E-state index in [0.717, 1.165) is 22.8 Å². The largest absolute Gasteiger partial charge is 0.491 e. The van der Waals surface area contributed by atoms with Crippen molar-refractivity contribution in [2.24, 2.45) is 0 Å². The molecule has 0 spiro atoms. The number of rotatable bonds is 11. The Labute approximate surface area is 158 Å². The van der Waals surface area contributed by atoms with Crippen molar-refractivity contribution < 1.29 is 14.3 Å². The summed E-state index contributed by atoms with van der Waals surface area (Å²) < 4.78 is 10.8. The van der Waals surface area contributed by atoms with Crippen LogP contribution in [-0.2, 0) is 15.3 Å². The van der Waals surface area contributed by atoms with Crippen LogP contribution in [0, 0.1) is 11.3 Å². The average Bonchev–Trinajstić information content (AvgIpc) is 2.68. The lowest BCUT2D eigenvalue weighted by molar-refractivity contribution is -0.125. The Bertz CT molecular complexity index is 716. The summed E-state index contributed by atoms with van der Waals surface area (Å²) in [7, 11) is 0. The van der Waals surface area contributed by atoms with Gasteiger partial charge in [-0.25, -0.2) is 0 Å². The van der Waals surface area contributed by atoms with Gasteiger partial charge in [0.05, 0.1) is 18.2 Å². The normalized spacial score (nSPS) is 10.1. The molecule has 1 N–H and O–H groups in total. The van der Waals surface area contributed by atoms with Gasteiger partial charge in [-0.15, -0.1) is 0 Å². The van der Waals surface area contributed by atoms with E-state index in [1.165, 1.54) is 0 Å². The second kappa shape index (κ2) is 12.0. The fraction of sp³-hybridized carbons (Fsp3) is 0.300. The second-order valence-electron chi connectivity index (χ2n) is 5.39. The molecule has 0 fully saturated rings. The number of hydrogen-bond donors (Lipinski definition) is 1. The first kappa shape index (κ1) is 19.8. The molecule has 0 aliphatic rings. The third-order valence-electron chi connectivity index (χ3n) is 3.44. The molecule has 0 bridgehead atoms. The van der Waals surface area contributed by atoms with E-state index in [9.17, 15) is 4.79 Å². The summed E-state index contributed by atoms with van der Waals surface area (Å²) in [5, 5.41) is 11.9. The van der Waals surface area contributed by atoms with Gasteiger partial charge in [0.15, 0.2) is 0 Å². The number of ether oxygens (including phenoxy) is 2. The molecule has 0 unspecified atom stereocenters. The molecular formula is C20H22N2O3S. The van der Waals surface area contributed by atoms with Crippen LogP contribution in [-0.4, -0.2) is 38.0 Å². The number of carbonyl (C=O) groups is 1. The van der Waals surface area contributed by atoms with Crippen molar-refractivity contribution >= 4 is 17.7 Å². The number of para-hydroxylation sites is 1. The van der Waals surface area contributed by atoms with Crippen molar-refractivity contribution in [1.82, 2.24) is 5.32 Å². The third-order valence-corrected chi connectivity index (χ3v) is 4.44. The Morgan fingerprint density at radius 2 is 1.85 bits per heavy atom. The molecule has 2 aromatic carbocycles. The molecule has 26 heavy (non-hydrogen) atoms. The summed E-state index contributed by atoms with van der Waals surface area (Å²) in [5.74, 6) is 2.19. The summed E-state index contributed by atoms with van der Waals surface area (Å²) in [4.78, 5) is 11.7. The van der Waals surface area contributed by atoms with Crippen molar-refractivity contribution in [1.29, 1.82) is 5.26 Å². The van der Waals surface area contributed by atoms with Gasteiger partial charge in [-0.05, 0) is 23.8 Å². The van der Waals surface area contributed by atoms with E-state index in [-0.39, 0.29) is 12.5 Å². The van der Waals surface area contributed by atoms with Crippen LogP contribution in [0.5, 0.6) is 5.75 Å². The highest BCUT2D eigenvalue weighted by Crippen LogP contribution is 2.15. The molecule has 0 aliphatic heterocycles. The topological polar surface area (TPSA) is 71.4 Å². The van der Waals surface area contributed by atoms with Gasteiger partial charge < -0.3 is 14.8 Å². The molecule has 1 amide bonds. The molecular weight excluding hydrogens is 348 g/mol. The zero-order valence-corrected chi connectivity index (χ0v) is 15.3. The van der Waals surface area contributed by atoms with Crippen molar-refractivity contribution in [2.45, 2.75) is 5.75 Å². The van der Waals surface area contributed by atoms with Crippen LogP contribution in [0.25, 0.3) is 0 Å². The van der Waals surface area contributed by atoms with Crippen LogP contribution in [0.1, 0.15) is 11.1 Å². The number of nitrogens with zero attached hydrogens (tertiary/aromatic N) is 1. The van der Waals surface area contributed by atoms with Gasteiger partial charge in [-0.2, -0.15) is 17.0 Å². The van der Waals surface area contributed by atoms with Crippen LogP contribution in [0.15, 0.2) is 54.6 Å². The minimum Gasteiger partial charge on any atom is -0.491 e. The van der Waals surface area contributed by atoms with Crippen LogP contribution < -0.4 is 10.1 Å². The first-order valence-corrected chi connectivity index (χ1v) is 9.53. The molecule has 0 aliphatic carbocycles. The van der Waals surface area contributed by atoms with Gasteiger partial charge in [0.25, 0.3) is 0 Å². The number of carbonyl (C=O) groups excluding carboxylic acids is 1. The SMILES string of the molecule is N#Cc1ccccc1CSCCNC(=O)COCCOc1ccccc1. The van der Waals surface area contributed by atoms with Crippen molar-refractivity contribution in [3.8, 4) is 11.8 Å². The number of benzene rings is 2. The van der Waals surface area contributed by atoms with Gasteiger partial charge in [-0.1, -0.05) is 36.4 Å². The van der Waals surface area contributed by atoms with E-state index >= 15 is 0 Å². The van der Waals surface area contributed by atoms with Gasteiger partial charge in [-0.3, -0.25) is 4.79 Å². The third kappa shape index (κ3) is 7.60. The molecule has 0 aromatic heterocycles. The molecule has 2 aromatic rings. The molecule has 0 saturated heterocycles. The number of hydrogen-bond acceptors (Lipinski definition) is 5. The van der Waals surface area contributed by atoms with Crippen LogP contribution in [0.2, 0.25) is 0 Å². The maximum absolute atomic E-state index is 11.7. The molecule has 0 saturated carbocycles. The number of nitriles is 1. The fourth-order valence-electron chi connectivity index (χ4n) is 2.15. The van der Waals surface area contributed by atoms with E-state index in [2.05, 4.69) is 11.4 Å². The first-order valence-electron chi connectivity index (χ1n) is 8.37. The van der Waals surface area contributed by atoms with Crippen molar-refractivity contribution in [3.63, 3.8) is 0 Å². The fourth-order valence-corrected chi connectivity index (χ4v) is 3.01. The van der Waals surface area contributed by atoms with Gasteiger partial charge in [0, 0.05) is 18.1 Å². The Hall–Kier alpha value is -2.49. The summed E-state index contributed by atoms with van der Waals surface area (Å²) >= 11 is 1.68. The molecule has 0 heterocycles.